The first kappa shape index (κ1) is 29.2. The molecule has 4 nitrogen and oxygen atoms in total. The third-order valence-electron chi connectivity index (χ3n) is 9.91. The highest BCUT2D eigenvalue weighted by Crippen LogP contribution is 2.42. The number of aliphatic imine (C=N–C) groups is 2. The van der Waals surface area contributed by atoms with Gasteiger partial charge in [-0.1, -0.05) is 146 Å². The van der Waals surface area contributed by atoms with E-state index in [0.29, 0.717) is 0 Å². The van der Waals surface area contributed by atoms with Crippen molar-refractivity contribution < 1.29 is 4.42 Å². The summed E-state index contributed by atoms with van der Waals surface area (Å²) in [6.45, 7) is 0. The molecule has 0 saturated carbocycles. The molecule has 0 amide bonds. The van der Waals surface area contributed by atoms with Gasteiger partial charge in [0.15, 0.2) is 6.17 Å². The molecule has 0 radical (unpaired) electrons. The molecule has 1 N–H and O–H groups in total. The monoisotopic (exact) mass is 653 g/mol. The molecule has 10 rings (SSSR count). The summed E-state index contributed by atoms with van der Waals surface area (Å²) in [6, 6.07) is 61.7. The number of hydrogen-bond acceptors (Lipinski definition) is 4. The number of fused-ring (bicyclic) bond motifs is 5. The maximum Gasteiger partial charge on any atom is 0.171 e. The second-order valence-electron chi connectivity index (χ2n) is 13.0. The van der Waals surface area contributed by atoms with Gasteiger partial charge in [-0.15, -0.1) is 0 Å². The molecule has 1 unspecified atom stereocenters. The number of furan rings is 1. The Labute approximate surface area is 295 Å². The maximum absolute atomic E-state index is 6.42. The molecule has 51 heavy (non-hydrogen) atoms. The molecule has 0 bridgehead atoms. The lowest BCUT2D eigenvalue weighted by atomic mass is 9.93. The second kappa shape index (κ2) is 12.0. The molecule has 1 aromatic heterocycles. The number of amidine groups is 2. The molecule has 4 heteroatoms. The van der Waals surface area contributed by atoms with Crippen LogP contribution in [0.15, 0.2) is 190 Å². The molecule has 8 aromatic carbocycles. The third kappa shape index (κ3) is 5.17. The van der Waals surface area contributed by atoms with Crippen molar-refractivity contribution in [2.75, 3.05) is 0 Å². The standard InChI is InChI=1S/C47H31N3O/c1-3-11-30(12-4-1)34-20-21-36-29-38(24-22-35(36)27-34)46-48-45(37-23-19-31-13-7-8-16-33(31)28-37)49-47(50-46)44-39(32-14-5-2-6-15-32)25-26-42-43(44)40-17-9-10-18-41(40)51-42/h1-29,47H,(H,48,49,50). The molecule has 0 aliphatic carbocycles. The van der Waals surface area contributed by atoms with E-state index in [0.717, 1.165) is 72.2 Å². The molecule has 0 saturated heterocycles. The van der Waals surface area contributed by atoms with Crippen LogP contribution >= 0.6 is 0 Å². The predicted molar refractivity (Wildman–Crippen MR) is 211 cm³/mol. The van der Waals surface area contributed by atoms with Crippen LogP contribution in [-0.4, -0.2) is 11.7 Å². The molecule has 2 heterocycles. The minimum atomic E-state index is -0.543. The lowest BCUT2D eigenvalue weighted by Crippen LogP contribution is -2.36. The fourth-order valence-electron chi connectivity index (χ4n) is 7.39. The van der Waals surface area contributed by atoms with Crippen LogP contribution in [0.4, 0.5) is 0 Å². The second-order valence-corrected chi connectivity index (χ2v) is 13.0. The Balaban J connectivity index is 1.18. The Bertz CT molecular complexity index is 2830. The van der Waals surface area contributed by atoms with Crippen LogP contribution in [0.2, 0.25) is 0 Å². The lowest BCUT2D eigenvalue weighted by molar-refractivity contribution is 0.667. The largest absolute Gasteiger partial charge is 0.456 e. The topological polar surface area (TPSA) is 49.9 Å². The van der Waals surface area contributed by atoms with E-state index >= 15 is 0 Å². The minimum absolute atomic E-state index is 0.543. The van der Waals surface area contributed by atoms with Crippen molar-refractivity contribution >= 4 is 55.2 Å². The zero-order valence-electron chi connectivity index (χ0n) is 27.6. The van der Waals surface area contributed by atoms with Crippen LogP contribution in [0, 0.1) is 0 Å². The summed E-state index contributed by atoms with van der Waals surface area (Å²) in [5, 5.41) is 10.4. The van der Waals surface area contributed by atoms with Gasteiger partial charge in [0.05, 0.1) is 0 Å². The highest BCUT2D eigenvalue weighted by molar-refractivity contribution is 6.18. The normalized spacial score (nSPS) is 14.5. The van der Waals surface area contributed by atoms with Gasteiger partial charge in [-0.3, -0.25) is 0 Å². The number of nitrogens with zero attached hydrogens (tertiary/aromatic N) is 2. The molecular weight excluding hydrogens is 623 g/mol. The van der Waals surface area contributed by atoms with Crippen LogP contribution in [0.1, 0.15) is 22.9 Å². The van der Waals surface area contributed by atoms with Crippen molar-refractivity contribution in [3.8, 4) is 22.3 Å². The Kier molecular flexibility index (Phi) is 6.85. The quantitative estimate of drug-likeness (QED) is 0.201. The molecular formula is C47H31N3O. The highest BCUT2D eigenvalue weighted by Gasteiger charge is 2.27. The summed E-state index contributed by atoms with van der Waals surface area (Å²) < 4.78 is 6.42. The van der Waals surface area contributed by atoms with Gasteiger partial charge in [0, 0.05) is 27.5 Å². The minimum Gasteiger partial charge on any atom is -0.456 e. The lowest BCUT2D eigenvalue weighted by Gasteiger charge is -2.25. The first-order valence-electron chi connectivity index (χ1n) is 17.3. The Hall–Kier alpha value is -6.78. The third-order valence-corrected chi connectivity index (χ3v) is 9.91. The summed E-state index contributed by atoms with van der Waals surface area (Å²) in [5.74, 6) is 1.55. The van der Waals surface area contributed by atoms with Gasteiger partial charge >= 0.3 is 0 Å². The molecule has 240 valence electrons. The van der Waals surface area contributed by atoms with Gasteiger partial charge in [-0.05, 0) is 74.1 Å². The van der Waals surface area contributed by atoms with Crippen LogP contribution in [-0.2, 0) is 0 Å². The van der Waals surface area contributed by atoms with Crippen LogP contribution in [0.3, 0.4) is 0 Å². The SMILES string of the molecule is c1ccc(-c2ccc3cc(C4=NC(c5c(-c6ccccc6)ccc6oc7ccccc7c56)N=C(c5ccc6ccccc6c5)N4)ccc3c2)cc1. The van der Waals surface area contributed by atoms with Crippen molar-refractivity contribution in [3.63, 3.8) is 0 Å². The zero-order valence-corrected chi connectivity index (χ0v) is 27.6. The molecule has 1 atom stereocenters. The first-order chi connectivity index (χ1) is 25.2. The summed E-state index contributed by atoms with van der Waals surface area (Å²) in [5.41, 5.74) is 9.29. The van der Waals surface area contributed by atoms with Crippen molar-refractivity contribution in [2.45, 2.75) is 6.17 Å². The van der Waals surface area contributed by atoms with Gasteiger partial charge in [-0.25, -0.2) is 9.98 Å². The number of rotatable bonds is 5. The molecule has 9 aromatic rings. The molecule has 1 aliphatic heterocycles. The van der Waals surface area contributed by atoms with Gasteiger partial charge in [0.25, 0.3) is 0 Å². The van der Waals surface area contributed by atoms with Gasteiger partial charge < -0.3 is 9.73 Å². The Morgan fingerprint density at radius 1 is 0.412 bits per heavy atom. The van der Waals surface area contributed by atoms with E-state index in [1.54, 1.807) is 0 Å². The van der Waals surface area contributed by atoms with E-state index in [4.69, 9.17) is 14.4 Å². The zero-order chi connectivity index (χ0) is 33.7. The van der Waals surface area contributed by atoms with E-state index < -0.39 is 6.17 Å². The summed E-state index contributed by atoms with van der Waals surface area (Å²) >= 11 is 0. The van der Waals surface area contributed by atoms with Gasteiger partial charge in [0.1, 0.15) is 22.8 Å². The van der Waals surface area contributed by atoms with E-state index in [-0.39, 0.29) is 0 Å². The van der Waals surface area contributed by atoms with E-state index in [9.17, 15) is 0 Å². The van der Waals surface area contributed by atoms with Crippen molar-refractivity contribution in [3.05, 3.63) is 193 Å². The summed E-state index contributed by atoms with van der Waals surface area (Å²) in [6.07, 6.45) is -0.543. The van der Waals surface area contributed by atoms with Crippen molar-refractivity contribution in [1.29, 1.82) is 0 Å². The average molecular weight is 654 g/mol. The summed E-state index contributed by atoms with van der Waals surface area (Å²) in [7, 11) is 0. The van der Waals surface area contributed by atoms with E-state index in [1.165, 1.54) is 21.9 Å². The van der Waals surface area contributed by atoms with Gasteiger partial charge in [-0.2, -0.15) is 0 Å². The van der Waals surface area contributed by atoms with Crippen LogP contribution in [0.25, 0.3) is 65.7 Å². The Morgan fingerprint density at radius 2 is 0.961 bits per heavy atom. The fourth-order valence-corrected chi connectivity index (χ4v) is 7.39. The van der Waals surface area contributed by atoms with Crippen molar-refractivity contribution in [1.82, 2.24) is 5.32 Å². The van der Waals surface area contributed by atoms with Gasteiger partial charge in [0.2, 0.25) is 0 Å². The first-order valence-corrected chi connectivity index (χ1v) is 17.3. The van der Waals surface area contributed by atoms with E-state index in [1.807, 2.05) is 18.2 Å². The van der Waals surface area contributed by atoms with E-state index in [2.05, 4.69) is 163 Å². The fraction of sp³-hybridized carbons (Fsp3) is 0.0213. The molecule has 0 spiro atoms. The number of benzene rings is 8. The maximum atomic E-state index is 6.42. The molecule has 0 fully saturated rings. The molecule has 1 aliphatic rings. The average Bonchev–Trinajstić information content (AvgIpc) is 3.59. The number of nitrogens with one attached hydrogen (secondary N) is 1. The smallest absolute Gasteiger partial charge is 0.171 e. The van der Waals surface area contributed by atoms with Crippen LogP contribution < -0.4 is 5.32 Å². The number of hydrogen-bond donors (Lipinski definition) is 1. The Morgan fingerprint density at radius 3 is 1.69 bits per heavy atom. The van der Waals surface area contributed by atoms with Crippen molar-refractivity contribution in [2.24, 2.45) is 9.98 Å². The highest BCUT2D eigenvalue weighted by atomic mass is 16.3. The number of para-hydroxylation sites is 1. The van der Waals surface area contributed by atoms with Crippen LogP contribution in [0.5, 0.6) is 0 Å². The summed E-state index contributed by atoms with van der Waals surface area (Å²) in [4.78, 5) is 10.8. The predicted octanol–water partition coefficient (Wildman–Crippen LogP) is 11.7.